The second-order valence-corrected chi connectivity index (χ2v) is 5.12. The zero-order chi connectivity index (χ0) is 13.8. The average Bonchev–Trinajstić information content (AvgIpc) is 2.28. The Kier molecular flexibility index (Phi) is 4.73. The summed E-state index contributed by atoms with van der Waals surface area (Å²) in [6, 6.07) is 5.89. The first-order valence-electron chi connectivity index (χ1n) is 5.97. The third kappa shape index (κ3) is 3.74. The number of carboxylic acids is 1. The van der Waals surface area contributed by atoms with Gasteiger partial charge in [0.05, 0.1) is 5.41 Å². The fraction of sp³-hybridized carbons (Fsp3) is 0.500. The van der Waals surface area contributed by atoms with Crippen LogP contribution in [0.15, 0.2) is 18.2 Å². The van der Waals surface area contributed by atoms with Gasteiger partial charge >= 0.3 is 5.97 Å². The van der Waals surface area contributed by atoms with E-state index in [1.54, 1.807) is 13.8 Å². The van der Waals surface area contributed by atoms with Crippen LogP contribution in [0.25, 0.3) is 0 Å². The van der Waals surface area contributed by atoms with E-state index >= 15 is 0 Å². The molecule has 0 radical (unpaired) electrons. The summed E-state index contributed by atoms with van der Waals surface area (Å²) in [6.45, 7) is 6.18. The van der Waals surface area contributed by atoms with Crippen LogP contribution in [0.1, 0.15) is 25.0 Å². The molecule has 0 aromatic heterocycles. The number of carbonyl (C=O) groups is 1. The minimum atomic E-state index is -0.887. The Bertz CT molecular complexity index is 427. The molecule has 0 aliphatic rings. The van der Waals surface area contributed by atoms with Gasteiger partial charge in [-0.3, -0.25) is 4.79 Å². The number of benzene rings is 1. The third-order valence-electron chi connectivity index (χ3n) is 2.75. The quantitative estimate of drug-likeness (QED) is 0.813. The molecule has 0 aliphatic heterocycles. The molecule has 0 bridgehead atoms. The van der Waals surface area contributed by atoms with E-state index in [0.29, 0.717) is 6.54 Å². The molecule has 0 heterocycles. The molecule has 18 heavy (non-hydrogen) atoms. The van der Waals surface area contributed by atoms with Crippen molar-refractivity contribution in [1.29, 1.82) is 0 Å². The first-order valence-corrected chi connectivity index (χ1v) is 5.97. The summed E-state index contributed by atoms with van der Waals surface area (Å²) in [6.07, 6.45) is 0. The summed E-state index contributed by atoms with van der Waals surface area (Å²) in [5.74, 6) is -0.117. The van der Waals surface area contributed by atoms with Crippen molar-refractivity contribution in [2.24, 2.45) is 5.41 Å². The van der Waals surface area contributed by atoms with Crippen LogP contribution in [0, 0.1) is 12.3 Å². The lowest BCUT2D eigenvalue weighted by atomic mass is 9.95. The Hall–Kier alpha value is -1.55. The Balaban J connectivity index is 2.81. The van der Waals surface area contributed by atoms with E-state index in [0.717, 1.165) is 16.9 Å². The molecule has 1 rings (SSSR count). The molecule has 0 unspecified atom stereocenters. The van der Waals surface area contributed by atoms with Crippen molar-refractivity contribution in [2.45, 2.75) is 27.3 Å². The van der Waals surface area contributed by atoms with Crippen LogP contribution >= 0.6 is 0 Å². The summed E-state index contributed by atoms with van der Waals surface area (Å²) in [7, 11) is 1.87. The molecular weight excluding hydrogens is 230 g/mol. The number of hydrogen-bond acceptors (Lipinski definition) is 3. The van der Waals surface area contributed by atoms with Crippen LogP contribution in [0.2, 0.25) is 0 Å². The number of aliphatic carboxylic acids is 1. The van der Waals surface area contributed by atoms with Gasteiger partial charge in [0.15, 0.2) is 0 Å². The molecular formula is C14H21NO3. The molecule has 0 saturated heterocycles. The lowest BCUT2D eigenvalue weighted by Gasteiger charge is -2.21. The van der Waals surface area contributed by atoms with Crippen LogP contribution in [-0.4, -0.2) is 24.7 Å². The standard InChI is InChI=1S/C14H21NO3/c1-10-5-6-12(11(7-10)8-15-4)18-9-14(2,3)13(16)17/h5-7,15H,8-9H2,1-4H3,(H,16,17). The van der Waals surface area contributed by atoms with Gasteiger partial charge in [-0.05, 0) is 33.9 Å². The largest absolute Gasteiger partial charge is 0.492 e. The summed E-state index contributed by atoms with van der Waals surface area (Å²) in [5.41, 5.74) is 1.31. The van der Waals surface area contributed by atoms with Gasteiger partial charge < -0.3 is 15.2 Å². The minimum Gasteiger partial charge on any atom is -0.492 e. The predicted octanol–water partition coefficient (Wildman–Crippen LogP) is 2.20. The van der Waals surface area contributed by atoms with Gasteiger partial charge in [-0.2, -0.15) is 0 Å². The van der Waals surface area contributed by atoms with E-state index in [2.05, 4.69) is 5.32 Å². The monoisotopic (exact) mass is 251 g/mol. The molecule has 4 heteroatoms. The highest BCUT2D eigenvalue weighted by Gasteiger charge is 2.28. The van der Waals surface area contributed by atoms with Crippen molar-refractivity contribution in [2.75, 3.05) is 13.7 Å². The first-order chi connectivity index (χ1) is 8.36. The highest BCUT2D eigenvalue weighted by atomic mass is 16.5. The van der Waals surface area contributed by atoms with E-state index < -0.39 is 11.4 Å². The zero-order valence-electron chi connectivity index (χ0n) is 11.4. The molecule has 0 atom stereocenters. The highest BCUT2D eigenvalue weighted by molar-refractivity contribution is 5.73. The van der Waals surface area contributed by atoms with Gasteiger partial charge in [0.25, 0.3) is 0 Å². The second-order valence-electron chi connectivity index (χ2n) is 5.12. The van der Waals surface area contributed by atoms with Gasteiger partial charge in [-0.25, -0.2) is 0 Å². The molecule has 0 amide bonds. The average molecular weight is 251 g/mol. The van der Waals surface area contributed by atoms with Gasteiger partial charge in [0.2, 0.25) is 0 Å². The lowest BCUT2D eigenvalue weighted by molar-refractivity contribution is -0.148. The zero-order valence-corrected chi connectivity index (χ0v) is 11.4. The van der Waals surface area contributed by atoms with Crippen molar-refractivity contribution in [3.8, 4) is 5.75 Å². The smallest absolute Gasteiger partial charge is 0.312 e. The van der Waals surface area contributed by atoms with Gasteiger partial charge in [0, 0.05) is 12.1 Å². The maximum Gasteiger partial charge on any atom is 0.312 e. The van der Waals surface area contributed by atoms with Crippen LogP contribution in [0.4, 0.5) is 0 Å². The normalized spacial score (nSPS) is 11.3. The third-order valence-corrected chi connectivity index (χ3v) is 2.75. The van der Waals surface area contributed by atoms with E-state index in [9.17, 15) is 4.79 Å². The van der Waals surface area contributed by atoms with Crippen molar-refractivity contribution in [3.05, 3.63) is 29.3 Å². The topological polar surface area (TPSA) is 58.6 Å². The van der Waals surface area contributed by atoms with Crippen molar-refractivity contribution in [1.82, 2.24) is 5.32 Å². The number of hydrogen-bond donors (Lipinski definition) is 2. The number of rotatable bonds is 6. The molecule has 4 nitrogen and oxygen atoms in total. The lowest BCUT2D eigenvalue weighted by Crippen LogP contribution is -2.31. The number of nitrogens with one attached hydrogen (secondary N) is 1. The van der Waals surface area contributed by atoms with Crippen LogP contribution < -0.4 is 10.1 Å². The second kappa shape index (κ2) is 5.87. The Morgan fingerprint density at radius 2 is 2.11 bits per heavy atom. The number of aryl methyl sites for hydroxylation is 1. The van der Waals surface area contributed by atoms with Crippen LogP contribution in [-0.2, 0) is 11.3 Å². The van der Waals surface area contributed by atoms with E-state index in [1.165, 1.54) is 0 Å². The summed E-state index contributed by atoms with van der Waals surface area (Å²) >= 11 is 0. The first kappa shape index (κ1) is 14.5. The molecule has 0 fully saturated rings. The summed E-state index contributed by atoms with van der Waals surface area (Å²) in [5, 5.41) is 12.1. The van der Waals surface area contributed by atoms with Crippen molar-refractivity contribution >= 4 is 5.97 Å². The maximum absolute atomic E-state index is 11.0. The van der Waals surface area contributed by atoms with E-state index in [-0.39, 0.29) is 6.61 Å². The predicted molar refractivity (Wildman–Crippen MR) is 70.9 cm³/mol. The SMILES string of the molecule is CNCc1cc(C)ccc1OCC(C)(C)C(=O)O. The van der Waals surface area contributed by atoms with Gasteiger partial charge in [-0.1, -0.05) is 17.7 Å². The molecule has 0 saturated carbocycles. The minimum absolute atomic E-state index is 0.155. The number of ether oxygens (including phenoxy) is 1. The Labute approximate surface area is 108 Å². The Morgan fingerprint density at radius 1 is 1.44 bits per heavy atom. The molecule has 0 spiro atoms. The molecule has 1 aromatic rings. The summed E-state index contributed by atoms with van der Waals surface area (Å²) in [4.78, 5) is 11.0. The molecule has 1 aromatic carbocycles. The number of carboxylic acid groups (broad SMARTS) is 1. The van der Waals surface area contributed by atoms with Gasteiger partial charge in [-0.15, -0.1) is 0 Å². The van der Waals surface area contributed by atoms with E-state index in [4.69, 9.17) is 9.84 Å². The van der Waals surface area contributed by atoms with Crippen molar-refractivity contribution in [3.63, 3.8) is 0 Å². The van der Waals surface area contributed by atoms with Gasteiger partial charge in [0.1, 0.15) is 12.4 Å². The van der Waals surface area contributed by atoms with Crippen molar-refractivity contribution < 1.29 is 14.6 Å². The molecule has 2 N–H and O–H groups in total. The van der Waals surface area contributed by atoms with Crippen LogP contribution in [0.5, 0.6) is 5.75 Å². The summed E-state index contributed by atoms with van der Waals surface area (Å²) < 4.78 is 5.65. The fourth-order valence-corrected chi connectivity index (χ4v) is 1.50. The highest BCUT2D eigenvalue weighted by Crippen LogP contribution is 2.23. The maximum atomic E-state index is 11.0. The fourth-order valence-electron chi connectivity index (χ4n) is 1.50. The van der Waals surface area contributed by atoms with E-state index in [1.807, 2.05) is 32.2 Å². The molecule has 0 aliphatic carbocycles. The van der Waals surface area contributed by atoms with Crippen LogP contribution in [0.3, 0.4) is 0 Å². The Morgan fingerprint density at radius 3 is 2.67 bits per heavy atom. The molecule has 100 valence electrons.